The van der Waals surface area contributed by atoms with Gasteiger partial charge in [0, 0.05) is 11.6 Å². The van der Waals surface area contributed by atoms with Gasteiger partial charge in [0.25, 0.3) is 5.91 Å². The minimum atomic E-state index is -4.66. The molecule has 1 fully saturated rings. The average molecular weight is 314 g/mol. The van der Waals surface area contributed by atoms with Crippen molar-refractivity contribution >= 4 is 15.7 Å². The molecule has 2 rings (SSSR count). The average Bonchev–Trinajstić information content (AvgIpc) is 3.28. The highest BCUT2D eigenvalue weighted by Gasteiger charge is 2.33. The predicted octanol–water partition coefficient (Wildman–Crippen LogP) is 1.81. The number of nitriles is 1. The number of carbonyl (C=O) groups excluding carboxylic acids is 1. The second kappa shape index (κ2) is 5.77. The summed E-state index contributed by atoms with van der Waals surface area (Å²) in [4.78, 5) is 13.1. The van der Waals surface area contributed by atoms with Crippen LogP contribution in [0.15, 0.2) is 29.2 Å². The lowest BCUT2D eigenvalue weighted by Crippen LogP contribution is -2.33. The highest BCUT2D eigenvalue weighted by atomic mass is 32.2. The Morgan fingerprint density at radius 3 is 2.33 bits per heavy atom. The van der Waals surface area contributed by atoms with Gasteiger partial charge in [-0.15, -0.1) is 0 Å². The van der Waals surface area contributed by atoms with Crippen molar-refractivity contribution in [2.75, 3.05) is 6.54 Å². The van der Waals surface area contributed by atoms with Crippen LogP contribution >= 0.6 is 0 Å². The number of carbonyl (C=O) groups is 1. The van der Waals surface area contributed by atoms with Crippen molar-refractivity contribution < 1.29 is 22.0 Å². The summed E-state index contributed by atoms with van der Waals surface area (Å²) >= 11 is 0. The van der Waals surface area contributed by atoms with Crippen LogP contribution in [0.4, 0.5) is 8.78 Å². The van der Waals surface area contributed by atoms with Crippen LogP contribution in [-0.2, 0) is 9.84 Å². The lowest BCUT2D eigenvalue weighted by atomic mass is 10.2. The first-order valence-corrected chi connectivity index (χ1v) is 7.72. The summed E-state index contributed by atoms with van der Waals surface area (Å²) in [5.41, 5.74) is 0.172. The Morgan fingerprint density at radius 2 is 1.90 bits per heavy atom. The Kier molecular flexibility index (Phi) is 4.23. The van der Waals surface area contributed by atoms with Crippen LogP contribution in [0.3, 0.4) is 0 Å². The Bertz CT molecular complexity index is 676. The minimum Gasteiger partial charge on any atom is -0.322 e. The molecule has 0 unspecified atom stereocenters. The number of nitrogens with zero attached hydrogens (tertiary/aromatic N) is 2. The van der Waals surface area contributed by atoms with E-state index < -0.39 is 26.4 Å². The summed E-state index contributed by atoms with van der Waals surface area (Å²) in [6.07, 6.45) is 1.65. The van der Waals surface area contributed by atoms with E-state index in [1.807, 2.05) is 6.07 Å². The molecule has 8 heteroatoms. The van der Waals surface area contributed by atoms with Crippen LogP contribution < -0.4 is 0 Å². The molecule has 21 heavy (non-hydrogen) atoms. The maximum absolute atomic E-state index is 12.4. The smallest absolute Gasteiger partial charge is 0.322 e. The maximum Gasteiger partial charge on any atom is 0.341 e. The third-order valence-corrected chi connectivity index (χ3v) is 4.55. The van der Waals surface area contributed by atoms with Crippen molar-refractivity contribution in [3.05, 3.63) is 29.8 Å². The van der Waals surface area contributed by atoms with Crippen molar-refractivity contribution in [1.82, 2.24) is 4.90 Å². The highest BCUT2D eigenvalue weighted by Crippen LogP contribution is 2.28. The Balaban J connectivity index is 2.23. The fraction of sp³-hybridized carbons (Fsp3) is 0.385. The van der Waals surface area contributed by atoms with Gasteiger partial charge in [-0.2, -0.15) is 14.0 Å². The quantitative estimate of drug-likeness (QED) is 0.777. The number of hydrogen-bond donors (Lipinski definition) is 0. The minimum absolute atomic E-state index is 0.0293. The molecule has 1 aliphatic carbocycles. The molecule has 5 nitrogen and oxygen atoms in total. The third-order valence-electron chi connectivity index (χ3n) is 3.15. The summed E-state index contributed by atoms with van der Waals surface area (Å²) in [5, 5.41) is 8.71. The Morgan fingerprint density at radius 1 is 1.33 bits per heavy atom. The van der Waals surface area contributed by atoms with Gasteiger partial charge in [-0.1, -0.05) is 0 Å². The molecule has 0 aromatic heterocycles. The summed E-state index contributed by atoms with van der Waals surface area (Å²) in [6.45, 7) is -0.0550. The van der Waals surface area contributed by atoms with Gasteiger partial charge in [0.05, 0.1) is 11.0 Å². The summed E-state index contributed by atoms with van der Waals surface area (Å²) in [7, 11) is -4.66. The molecule has 0 spiro atoms. The number of amides is 1. The van der Waals surface area contributed by atoms with Crippen molar-refractivity contribution in [3.63, 3.8) is 0 Å². The predicted molar refractivity (Wildman–Crippen MR) is 69.3 cm³/mol. The summed E-state index contributed by atoms with van der Waals surface area (Å²) < 4.78 is 47.4. The lowest BCUT2D eigenvalue weighted by molar-refractivity contribution is 0.0765. The molecule has 0 saturated heterocycles. The van der Waals surface area contributed by atoms with Crippen LogP contribution in [0.5, 0.6) is 0 Å². The van der Waals surface area contributed by atoms with Crippen molar-refractivity contribution in [1.29, 1.82) is 5.26 Å². The van der Waals surface area contributed by atoms with Crippen LogP contribution in [0.25, 0.3) is 0 Å². The maximum atomic E-state index is 12.4. The van der Waals surface area contributed by atoms with E-state index in [0.717, 1.165) is 25.0 Å². The Hall–Kier alpha value is -2.01. The molecule has 0 radical (unpaired) electrons. The number of alkyl halides is 2. The topological polar surface area (TPSA) is 78.2 Å². The Labute approximate surface area is 120 Å². The zero-order valence-corrected chi connectivity index (χ0v) is 11.7. The molecule has 0 aliphatic heterocycles. The van der Waals surface area contributed by atoms with E-state index in [0.29, 0.717) is 0 Å². The first-order valence-electron chi connectivity index (χ1n) is 6.18. The molecule has 0 heterocycles. The van der Waals surface area contributed by atoms with Crippen LogP contribution in [-0.4, -0.2) is 37.6 Å². The van der Waals surface area contributed by atoms with E-state index >= 15 is 0 Å². The molecule has 1 amide bonds. The van der Waals surface area contributed by atoms with E-state index in [4.69, 9.17) is 5.26 Å². The van der Waals surface area contributed by atoms with Crippen LogP contribution in [0.1, 0.15) is 23.2 Å². The second-order valence-electron chi connectivity index (χ2n) is 4.65. The second-order valence-corrected chi connectivity index (χ2v) is 6.57. The van der Waals surface area contributed by atoms with Gasteiger partial charge < -0.3 is 4.90 Å². The normalized spacial score (nSPS) is 14.8. The van der Waals surface area contributed by atoms with Crippen LogP contribution in [0.2, 0.25) is 0 Å². The summed E-state index contributed by atoms with van der Waals surface area (Å²) in [6, 6.07) is 6.26. The first kappa shape index (κ1) is 15.4. The molecule has 0 atom stereocenters. The van der Waals surface area contributed by atoms with Gasteiger partial charge in [-0.3, -0.25) is 4.79 Å². The molecule has 0 bridgehead atoms. The third kappa shape index (κ3) is 3.19. The van der Waals surface area contributed by atoms with Crippen molar-refractivity contribution in [2.45, 2.75) is 29.5 Å². The van der Waals surface area contributed by atoms with Crippen LogP contribution in [0, 0.1) is 11.3 Å². The van der Waals surface area contributed by atoms with E-state index in [9.17, 15) is 22.0 Å². The molecular weight excluding hydrogens is 302 g/mol. The first-order chi connectivity index (χ1) is 9.87. The highest BCUT2D eigenvalue weighted by molar-refractivity contribution is 7.91. The van der Waals surface area contributed by atoms with Gasteiger partial charge in [0.2, 0.25) is 9.84 Å². The molecule has 112 valence electrons. The number of halogens is 2. The molecule has 1 aromatic rings. The molecular formula is C13H12F2N2O3S. The fourth-order valence-electron chi connectivity index (χ4n) is 1.88. The van der Waals surface area contributed by atoms with E-state index in [-0.39, 0.29) is 18.2 Å². The van der Waals surface area contributed by atoms with Gasteiger partial charge in [0.1, 0.15) is 6.54 Å². The largest absolute Gasteiger partial charge is 0.341 e. The van der Waals surface area contributed by atoms with Gasteiger partial charge in [0.15, 0.2) is 0 Å². The van der Waals surface area contributed by atoms with E-state index in [1.165, 1.54) is 17.0 Å². The fourth-order valence-corrected chi connectivity index (χ4v) is 2.61. The van der Waals surface area contributed by atoms with Crippen molar-refractivity contribution in [2.24, 2.45) is 0 Å². The zero-order chi connectivity index (χ0) is 15.6. The number of hydrogen-bond acceptors (Lipinski definition) is 4. The SMILES string of the molecule is N#CCN(C(=O)c1ccc(S(=O)(=O)C(F)F)cc1)C1CC1. The number of rotatable bonds is 5. The monoisotopic (exact) mass is 314 g/mol. The van der Waals surface area contributed by atoms with Gasteiger partial charge in [-0.25, -0.2) is 8.42 Å². The van der Waals surface area contributed by atoms with E-state index in [1.54, 1.807) is 0 Å². The molecule has 1 aliphatic rings. The van der Waals surface area contributed by atoms with Gasteiger partial charge in [-0.05, 0) is 37.1 Å². The number of sulfone groups is 1. The molecule has 0 N–H and O–H groups in total. The molecule has 1 aromatic carbocycles. The number of benzene rings is 1. The summed E-state index contributed by atoms with van der Waals surface area (Å²) in [5.74, 6) is -3.90. The van der Waals surface area contributed by atoms with Crippen molar-refractivity contribution in [3.8, 4) is 6.07 Å². The van der Waals surface area contributed by atoms with Gasteiger partial charge >= 0.3 is 5.76 Å². The standard InChI is InChI=1S/C13H12F2N2O3S/c14-13(15)21(19,20)11-5-1-9(2-6-11)12(18)17(8-7-16)10-3-4-10/h1-2,5-6,10,13H,3-4,8H2. The zero-order valence-electron chi connectivity index (χ0n) is 10.9. The van der Waals surface area contributed by atoms with E-state index in [2.05, 4.69) is 0 Å². The molecule has 1 saturated carbocycles. The lowest BCUT2D eigenvalue weighted by Gasteiger charge is -2.19.